The molecule has 36 heavy (non-hydrogen) atoms. The van der Waals surface area contributed by atoms with E-state index >= 15 is 0 Å². The van der Waals surface area contributed by atoms with Crippen LogP contribution in [0.4, 0.5) is 5.69 Å². The highest BCUT2D eigenvalue weighted by molar-refractivity contribution is 7.99. The fourth-order valence-electron chi connectivity index (χ4n) is 3.24. The highest BCUT2D eigenvalue weighted by Gasteiger charge is 2.22. The summed E-state index contributed by atoms with van der Waals surface area (Å²) in [5.41, 5.74) is 0.877. The van der Waals surface area contributed by atoms with Gasteiger partial charge in [0.05, 0.1) is 40.7 Å². The van der Waals surface area contributed by atoms with Gasteiger partial charge in [-0.2, -0.15) is 0 Å². The number of hydrogen-bond acceptors (Lipinski definition) is 7. The summed E-state index contributed by atoms with van der Waals surface area (Å²) < 4.78 is 6.51. The summed E-state index contributed by atoms with van der Waals surface area (Å²) in [5, 5.41) is 15.1. The molecular formula is C24H23Cl2N5O4S. The lowest BCUT2D eigenvalue weighted by Crippen LogP contribution is -2.29. The number of carbonyl (C=O) groups is 3. The molecule has 3 aromatic rings. The number of nitrogens with one attached hydrogen (secondary N) is 2. The highest BCUT2D eigenvalue weighted by atomic mass is 35.5. The maximum Gasteiger partial charge on any atom is 0.339 e. The quantitative estimate of drug-likeness (QED) is 0.213. The van der Waals surface area contributed by atoms with E-state index in [4.69, 9.17) is 27.9 Å². The summed E-state index contributed by atoms with van der Waals surface area (Å²) in [7, 11) is 1.27. The van der Waals surface area contributed by atoms with Gasteiger partial charge in [-0.15, -0.1) is 16.8 Å². The van der Waals surface area contributed by atoms with E-state index in [1.807, 2.05) is 0 Å². The monoisotopic (exact) mass is 547 g/mol. The van der Waals surface area contributed by atoms with Crippen LogP contribution in [0.25, 0.3) is 0 Å². The van der Waals surface area contributed by atoms with Crippen LogP contribution < -0.4 is 10.6 Å². The molecule has 2 aromatic carbocycles. The van der Waals surface area contributed by atoms with Crippen molar-refractivity contribution in [3.05, 3.63) is 82.1 Å². The number of amides is 2. The van der Waals surface area contributed by atoms with Crippen LogP contribution in [0.5, 0.6) is 0 Å². The van der Waals surface area contributed by atoms with Crippen LogP contribution in [0.3, 0.4) is 0 Å². The van der Waals surface area contributed by atoms with Gasteiger partial charge in [-0.3, -0.25) is 9.59 Å². The Morgan fingerprint density at radius 1 is 1.17 bits per heavy atom. The third-order valence-electron chi connectivity index (χ3n) is 4.91. The lowest BCUT2D eigenvalue weighted by atomic mass is 10.2. The minimum Gasteiger partial charge on any atom is -0.465 e. The van der Waals surface area contributed by atoms with E-state index in [0.29, 0.717) is 28.2 Å². The van der Waals surface area contributed by atoms with Gasteiger partial charge in [0.1, 0.15) is 0 Å². The van der Waals surface area contributed by atoms with E-state index in [0.717, 1.165) is 11.8 Å². The number of anilines is 1. The summed E-state index contributed by atoms with van der Waals surface area (Å²) in [5.74, 6) is -0.802. The first kappa shape index (κ1) is 27.3. The molecule has 2 N–H and O–H groups in total. The van der Waals surface area contributed by atoms with Crippen LogP contribution in [0.2, 0.25) is 10.0 Å². The first-order valence-corrected chi connectivity index (χ1v) is 12.4. The number of ether oxygens (including phenoxy) is 1. The molecule has 0 saturated carbocycles. The first-order valence-electron chi connectivity index (χ1n) is 10.6. The third-order valence-corrected chi connectivity index (χ3v) is 6.42. The van der Waals surface area contributed by atoms with Crippen molar-refractivity contribution in [1.29, 1.82) is 0 Å². The maximum absolute atomic E-state index is 12.7. The number of benzene rings is 2. The van der Waals surface area contributed by atoms with Gasteiger partial charge in [0, 0.05) is 11.6 Å². The Hall–Kier alpha value is -3.34. The Labute approximate surface area is 222 Å². The van der Waals surface area contributed by atoms with Crippen molar-refractivity contribution < 1.29 is 19.1 Å². The molecule has 2 amide bonds. The average molecular weight is 548 g/mol. The van der Waals surface area contributed by atoms with Gasteiger partial charge in [0.25, 0.3) is 5.91 Å². The Bertz CT molecular complexity index is 1300. The standard InChI is InChI=1S/C24H23Cl2N5O4S/c1-4-11-31-21(14(2)27-22(33)16-10-9-15(25)12-18(16)26)29-30-24(31)36-13-20(32)28-19-8-6-5-7-17(19)23(34)35-3/h4-10,12,14H,1,11,13H2,2-3H3,(H,27,33)(H,28,32). The Balaban J connectivity index is 1.70. The first-order chi connectivity index (χ1) is 17.2. The number of allylic oxidation sites excluding steroid dienone is 1. The van der Waals surface area contributed by atoms with Crippen molar-refractivity contribution in [2.75, 3.05) is 18.2 Å². The third kappa shape index (κ3) is 6.66. The molecule has 3 rings (SSSR count). The van der Waals surface area contributed by atoms with E-state index in [1.165, 1.54) is 13.2 Å². The Morgan fingerprint density at radius 2 is 1.92 bits per heavy atom. The predicted molar refractivity (Wildman–Crippen MR) is 140 cm³/mol. The number of halogens is 2. The Morgan fingerprint density at radius 3 is 2.61 bits per heavy atom. The zero-order chi connectivity index (χ0) is 26.2. The number of methoxy groups -OCH3 is 1. The van der Waals surface area contributed by atoms with Gasteiger partial charge in [-0.05, 0) is 37.3 Å². The topological polar surface area (TPSA) is 115 Å². The summed E-state index contributed by atoms with van der Waals surface area (Å²) >= 11 is 13.2. The minimum atomic E-state index is -0.551. The van der Waals surface area contributed by atoms with E-state index in [9.17, 15) is 14.4 Å². The molecule has 1 unspecified atom stereocenters. The molecule has 0 aliphatic heterocycles. The van der Waals surface area contributed by atoms with Crippen molar-refractivity contribution in [2.24, 2.45) is 0 Å². The van der Waals surface area contributed by atoms with Crippen LogP contribution in [0, 0.1) is 0 Å². The van der Waals surface area contributed by atoms with E-state index in [2.05, 4.69) is 27.4 Å². The number of aromatic nitrogens is 3. The molecule has 0 aliphatic rings. The van der Waals surface area contributed by atoms with Crippen molar-refractivity contribution in [3.63, 3.8) is 0 Å². The molecule has 188 valence electrons. The van der Waals surface area contributed by atoms with Crippen LogP contribution in [-0.2, 0) is 16.1 Å². The summed E-state index contributed by atoms with van der Waals surface area (Å²) in [6.45, 7) is 5.89. The number of thioether (sulfide) groups is 1. The fraction of sp³-hybridized carbons (Fsp3) is 0.208. The van der Waals surface area contributed by atoms with E-state index < -0.39 is 17.9 Å². The minimum absolute atomic E-state index is 0.00586. The second kappa shape index (κ2) is 12.6. The molecule has 0 fully saturated rings. The molecular weight excluding hydrogens is 525 g/mol. The zero-order valence-electron chi connectivity index (χ0n) is 19.5. The second-order valence-electron chi connectivity index (χ2n) is 7.43. The number of esters is 1. The van der Waals surface area contributed by atoms with Gasteiger partial charge in [0.15, 0.2) is 11.0 Å². The lowest BCUT2D eigenvalue weighted by Gasteiger charge is -2.16. The van der Waals surface area contributed by atoms with Crippen LogP contribution >= 0.6 is 35.0 Å². The maximum atomic E-state index is 12.7. The number of hydrogen-bond donors (Lipinski definition) is 2. The van der Waals surface area contributed by atoms with Crippen molar-refractivity contribution >= 4 is 58.4 Å². The van der Waals surface area contributed by atoms with E-state index in [1.54, 1.807) is 54.0 Å². The van der Waals surface area contributed by atoms with Crippen LogP contribution in [0.1, 0.15) is 39.5 Å². The molecule has 0 spiro atoms. The molecule has 1 heterocycles. The van der Waals surface area contributed by atoms with E-state index in [-0.39, 0.29) is 27.8 Å². The van der Waals surface area contributed by atoms with Crippen molar-refractivity contribution in [2.45, 2.75) is 24.7 Å². The van der Waals surface area contributed by atoms with Crippen LogP contribution in [0.15, 0.2) is 60.3 Å². The lowest BCUT2D eigenvalue weighted by molar-refractivity contribution is -0.113. The second-order valence-corrected chi connectivity index (χ2v) is 9.22. The summed E-state index contributed by atoms with van der Waals surface area (Å²) in [6, 6.07) is 10.7. The van der Waals surface area contributed by atoms with Gasteiger partial charge in [0.2, 0.25) is 5.91 Å². The molecule has 9 nitrogen and oxygen atoms in total. The summed E-state index contributed by atoms with van der Waals surface area (Å²) in [6.07, 6.45) is 1.66. The number of rotatable bonds is 10. The number of carbonyl (C=O) groups excluding carboxylic acids is 3. The fourth-order valence-corrected chi connectivity index (χ4v) is 4.49. The molecule has 1 aromatic heterocycles. The molecule has 12 heteroatoms. The molecule has 0 saturated heterocycles. The number of nitrogens with zero attached hydrogens (tertiary/aromatic N) is 3. The van der Waals surface area contributed by atoms with Crippen molar-refractivity contribution in [1.82, 2.24) is 20.1 Å². The average Bonchev–Trinajstić information content (AvgIpc) is 3.25. The van der Waals surface area contributed by atoms with Gasteiger partial charge in [-0.1, -0.05) is 53.2 Å². The largest absolute Gasteiger partial charge is 0.465 e. The number of para-hydroxylation sites is 1. The van der Waals surface area contributed by atoms with Gasteiger partial charge < -0.3 is 19.9 Å². The molecule has 0 bridgehead atoms. The predicted octanol–water partition coefficient (Wildman–Crippen LogP) is 4.78. The highest BCUT2D eigenvalue weighted by Crippen LogP contribution is 2.24. The molecule has 0 aliphatic carbocycles. The molecule has 0 radical (unpaired) electrons. The van der Waals surface area contributed by atoms with Crippen LogP contribution in [-0.4, -0.2) is 45.4 Å². The van der Waals surface area contributed by atoms with Crippen molar-refractivity contribution in [3.8, 4) is 0 Å². The SMILES string of the molecule is C=CCn1c(SCC(=O)Nc2ccccc2C(=O)OC)nnc1C(C)NC(=O)c1ccc(Cl)cc1Cl. The zero-order valence-corrected chi connectivity index (χ0v) is 21.8. The van der Waals surface area contributed by atoms with Gasteiger partial charge >= 0.3 is 5.97 Å². The smallest absolute Gasteiger partial charge is 0.339 e. The summed E-state index contributed by atoms with van der Waals surface area (Å²) in [4.78, 5) is 37.2. The Kier molecular flexibility index (Phi) is 9.51. The normalized spacial score (nSPS) is 11.4. The van der Waals surface area contributed by atoms with Gasteiger partial charge in [-0.25, -0.2) is 4.79 Å². The molecule has 1 atom stereocenters.